The summed E-state index contributed by atoms with van der Waals surface area (Å²) in [5.41, 5.74) is 2.62. The van der Waals surface area contributed by atoms with Crippen LogP contribution < -0.4 is 5.32 Å². The number of rotatable bonds is 9. The molecule has 2 N–H and O–H groups in total. The third-order valence-electron chi connectivity index (χ3n) is 5.20. The van der Waals surface area contributed by atoms with Crippen molar-refractivity contribution < 1.29 is 18.7 Å². The van der Waals surface area contributed by atoms with Gasteiger partial charge in [-0.1, -0.05) is 23.4 Å². The monoisotopic (exact) mass is 439 g/mol. The molecule has 32 heavy (non-hydrogen) atoms. The molecule has 0 aliphatic heterocycles. The van der Waals surface area contributed by atoms with Crippen LogP contribution in [0, 0.1) is 23.5 Å². The molecule has 0 radical (unpaired) electrons. The normalized spacial score (nSPS) is 12.8. The van der Waals surface area contributed by atoms with Crippen molar-refractivity contribution in [2.24, 2.45) is 5.18 Å². The van der Waals surface area contributed by atoms with Crippen LogP contribution in [0.3, 0.4) is 0 Å². The molecule has 0 spiro atoms. The van der Waals surface area contributed by atoms with Gasteiger partial charge >= 0.3 is 0 Å². The number of nitrogens with one attached hydrogen (secondary N) is 1. The summed E-state index contributed by atoms with van der Waals surface area (Å²) in [4.78, 5) is 27.9. The Kier molecular flexibility index (Phi) is 7.72. The number of nitrogens with zero attached hydrogens (tertiary/aromatic N) is 2. The van der Waals surface area contributed by atoms with Crippen LogP contribution >= 0.6 is 0 Å². The van der Waals surface area contributed by atoms with Gasteiger partial charge in [0, 0.05) is 36.0 Å². The van der Waals surface area contributed by atoms with E-state index in [1.165, 1.54) is 12.1 Å². The number of benzene rings is 2. The lowest BCUT2D eigenvalue weighted by atomic mass is 9.84. The first-order chi connectivity index (χ1) is 15.4. The fraction of sp³-hybridized carbons (Fsp3) is 0.250. The Hall–Kier alpha value is -3.52. The Balaban J connectivity index is 1.97. The van der Waals surface area contributed by atoms with Gasteiger partial charge in [0.2, 0.25) is 0 Å². The predicted octanol–water partition coefficient (Wildman–Crippen LogP) is 4.42. The fourth-order valence-electron chi connectivity index (χ4n) is 3.60. The summed E-state index contributed by atoms with van der Waals surface area (Å²) >= 11 is 0. The SMILES string of the molecule is Cc1cc(C(CC(c2ccc(C(=O)NCCO)cc2)c2ccc(F)cc2F)N=O)ccn1. The summed E-state index contributed by atoms with van der Waals surface area (Å²) in [6, 6.07) is 12.5. The number of nitroso groups, excluding NO2 is 1. The van der Waals surface area contributed by atoms with Crippen molar-refractivity contribution in [2.45, 2.75) is 25.3 Å². The molecular formula is C24H23F2N3O3. The second-order valence-electron chi connectivity index (χ2n) is 7.41. The Morgan fingerprint density at radius 2 is 1.84 bits per heavy atom. The highest BCUT2D eigenvalue weighted by molar-refractivity contribution is 5.94. The van der Waals surface area contributed by atoms with Gasteiger partial charge in [-0.25, -0.2) is 8.78 Å². The maximum absolute atomic E-state index is 14.7. The molecule has 3 rings (SSSR count). The highest BCUT2D eigenvalue weighted by Crippen LogP contribution is 2.37. The Labute approximate surface area is 184 Å². The van der Waals surface area contributed by atoms with E-state index >= 15 is 0 Å². The number of hydrogen-bond donors (Lipinski definition) is 2. The lowest BCUT2D eigenvalue weighted by Gasteiger charge is -2.22. The Morgan fingerprint density at radius 3 is 2.47 bits per heavy atom. The van der Waals surface area contributed by atoms with Gasteiger partial charge in [-0.15, -0.1) is 0 Å². The van der Waals surface area contributed by atoms with Crippen LogP contribution in [0.4, 0.5) is 8.78 Å². The molecule has 1 aromatic heterocycles. The van der Waals surface area contributed by atoms with E-state index < -0.39 is 23.6 Å². The number of pyridine rings is 1. The minimum atomic E-state index is -0.779. The van der Waals surface area contributed by atoms with E-state index in [1.807, 2.05) is 0 Å². The van der Waals surface area contributed by atoms with Crippen LogP contribution in [0.25, 0.3) is 0 Å². The molecular weight excluding hydrogens is 416 g/mol. The summed E-state index contributed by atoms with van der Waals surface area (Å²) < 4.78 is 28.2. The lowest BCUT2D eigenvalue weighted by molar-refractivity contribution is 0.0944. The first kappa shape index (κ1) is 23.1. The molecule has 3 aromatic rings. The van der Waals surface area contributed by atoms with Crippen LogP contribution in [0.15, 0.2) is 66.0 Å². The van der Waals surface area contributed by atoms with Gasteiger partial charge < -0.3 is 10.4 Å². The van der Waals surface area contributed by atoms with Crippen LogP contribution in [-0.2, 0) is 0 Å². The highest BCUT2D eigenvalue weighted by atomic mass is 19.1. The summed E-state index contributed by atoms with van der Waals surface area (Å²) in [6.07, 6.45) is 1.72. The molecule has 1 amide bonds. The van der Waals surface area contributed by atoms with E-state index in [0.717, 1.165) is 11.8 Å². The predicted molar refractivity (Wildman–Crippen MR) is 116 cm³/mol. The van der Waals surface area contributed by atoms with Crippen molar-refractivity contribution >= 4 is 5.91 Å². The molecule has 6 nitrogen and oxygen atoms in total. The third-order valence-corrected chi connectivity index (χ3v) is 5.20. The van der Waals surface area contributed by atoms with Gasteiger partial charge in [0.15, 0.2) is 0 Å². The average molecular weight is 439 g/mol. The highest BCUT2D eigenvalue weighted by Gasteiger charge is 2.25. The summed E-state index contributed by atoms with van der Waals surface area (Å²) in [7, 11) is 0. The minimum absolute atomic E-state index is 0.127. The van der Waals surface area contributed by atoms with E-state index in [9.17, 15) is 18.5 Å². The van der Waals surface area contributed by atoms with Gasteiger partial charge in [0.25, 0.3) is 5.91 Å². The molecule has 0 saturated carbocycles. The average Bonchev–Trinajstić information content (AvgIpc) is 2.79. The van der Waals surface area contributed by atoms with Gasteiger partial charge in [-0.05, 0) is 60.4 Å². The topological polar surface area (TPSA) is 91.6 Å². The summed E-state index contributed by atoms with van der Waals surface area (Å²) in [6.45, 7) is 1.75. The van der Waals surface area contributed by atoms with Gasteiger partial charge in [0.05, 0.1) is 6.61 Å². The minimum Gasteiger partial charge on any atom is -0.395 e. The van der Waals surface area contributed by atoms with Gasteiger partial charge in [-0.2, -0.15) is 4.91 Å². The van der Waals surface area contributed by atoms with Crippen molar-refractivity contribution in [1.29, 1.82) is 0 Å². The molecule has 0 bridgehead atoms. The number of aliphatic hydroxyl groups excluding tert-OH is 1. The first-order valence-electron chi connectivity index (χ1n) is 10.1. The third kappa shape index (κ3) is 5.59. The number of aliphatic hydroxyl groups is 1. The number of halogens is 2. The number of aromatic nitrogens is 1. The zero-order chi connectivity index (χ0) is 23.1. The van der Waals surface area contributed by atoms with E-state index in [4.69, 9.17) is 5.11 Å². The summed E-state index contributed by atoms with van der Waals surface area (Å²) in [5.74, 6) is -2.39. The number of carbonyl (C=O) groups excluding carboxylic acids is 1. The lowest BCUT2D eigenvalue weighted by Crippen LogP contribution is -2.26. The Morgan fingerprint density at radius 1 is 1.09 bits per heavy atom. The largest absolute Gasteiger partial charge is 0.395 e. The maximum Gasteiger partial charge on any atom is 0.251 e. The van der Waals surface area contributed by atoms with E-state index in [0.29, 0.717) is 16.7 Å². The van der Waals surface area contributed by atoms with Crippen molar-refractivity contribution in [2.75, 3.05) is 13.2 Å². The molecule has 2 aromatic carbocycles. The fourth-order valence-corrected chi connectivity index (χ4v) is 3.60. The Bertz CT molecular complexity index is 1090. The van der Waals surface area contributed by atoms with Crippen LogP contribution in [0.5, 0.6) is 0 Å². The summed E-state index contributed by atoms with van der Waals surface area (Å²) in [5, 5.41) is 14.7. The molecule has 166 valence electrons. The van der Waals surface area contributed by atoms with Crippen LogP contribution in [-0.4, -0.2) is 29.1 Å². The quantitative estimate of drug-likeness (QED) is 0.483. The van der Waals surface area contributed by atoms with E-state index in [2.05, 4.69) is 15.5 Å². The van der Waals surface area contributed by atoms with Gasteiger partial charge in [-0.3, -0.25) is 9.78 Å². The van der Waals surface area contributed by atoms with Gasteiger partial charge in [0.1, 0.15) is 17.7 Å². The first-order valence-corrected chi connectivity index (χ1v) is 10.1. The van der Waals surface area contributed by atoms with Crippen LogP contribution in [0.1, 0.15) is 51.1 Å². The smallest absolute Gasteiger partial charge is 0.251 e. The number of hydrogen-bond acceptors (Lipinski definition) is 5. The molecule has 2 unspecified atom stereocenters. The number of amides is 1. The van der Waals surface area contributed by atoms with Crippen molar-refractivity contribution in [3.8, 4) is 0 Å². The molecule has 0 saturated heterocycles. The molecule has 2 atom stereocenters. The van der Waals surface area contributed by atoms with Crippen molar-refractivity contribution in [3.05, 3.63) is 105 Å². The number of aryl methyl sites for hydroxylation is 1. The van der Waals surface area contributed by atoms with Crippen molar-refractivity contribution in [3.63, 3.8) is 0 Å². The van der Waals surface area contributed by atoms with Crippen LogP contribution in [0.2, 0.25) is 0 Å². The van der Waals surface area contributed by atoms with E-state index in [1.54, 1.807) is 49.5 Å². The van der Waals surface area contributed by atoms with E-state index in [-0.39, 0.29) is 31.0 Å². The standard InChI is InChI=1S/C24H23F2N3O3/c1-15-12-18(8-9-27-15)23(29-32)14-21(20-7-6-19(25)13-22(20)26)16-2-4-17(5-3-16)24(31)28-10-11-30/h2-9,12-13,21,23,30H,10-11,14H2,1H3,(H,28,31). The molecule has 1 heterocycles. The zero-order valence-corrected chi connectivity index (χ0v) is 17.5. The van der Waals surface area contributed by atoms with Crippen molar-refractivity contribution in [1.82, 2.24) is 10.3 Å². The molecule has 0 aliphatic carbocycles. The molecule has 8 heteroatoms. The molecule has 0 aliphatic rings. The second-order valence-corrected chi connectivity index (χ2v) is 7.41. The second kappa shape index (κ2) is 10.7. The number of carbonyl (C=O) groups is 1. The molecule has 0 fully saturated rings. The zero-order valence-electron chi connectivity index (χ0n) is 17.5. The maximum atomic E-state index is 14.7.